The van der Waals surface area contributed by atoms with Crippen LogP contribution in [0.4, 0.5) is 9.80 Å². The van der Waals surface area contributed by atoms with E-state index in [0.29, 0.717) is 10.6 Å². The number of carbonyl (C=O) groups excluding carboxylic acids is 1. The summed E-state index contributed by atoms with van der Waals surface area (Å²) in [7, 11) is 0. The molecule has 0 bridgehead atoms. The Morgan fingerprint density at radius 2 is 1.90 bits per heavy atom. The van der Waals surface area contributed by atoms with E-state index in [1.165, 1.54) is 11.3 Å². The summed E-state index contributed by atoms with van der Waals surface area (Å²) in [6, 6.07) is -0.127. The van der Waals surface area contributed by atoms with Crippen LogP contribution in [0.25, 0.3) is 0 Å². The molecule has 1 aliphatic heterocycles. The minimum Gasteiger partial charge on any atom is -0.478 e. The van der Waals surface area contributed by atoms with Crippen molar-refractivity contribution >= 4 is 40.1 Å². The zero-order chi connectivity index (χ0) is 14.7. The zero-order valence-electron chi connectivity index (χ0n) is 11.5. The molecular weight excluding hydrogens is 296 g/mol. The van der Waals surface area contributed by atoms with E-state index in [1.807, 2.05) is 18.7 Å². The molecule has 2 amide bonds. The van der Waals surface area contributed by atoms with Crippen molar-refractivity contribution < 1.29 is 14.7 Å². The van der Waals surface area contributed by atoms with Gasteiger partial charge in [-0.05, 0) is 43.8 Å². The molecule has 0 aromatic carbocycles. The molecule has 7 heteroatoms. The Bertz CT molecular complexity index is 522. The van der Waals surface area contributed by atoms with Gasteiger partial charge < -0.3 is 10.4 Å². The number of thiophene rings is 1. The highest BCUT2D eigenvalue weighted by Crippen LogP contribution is 2.32. The van der Waals surface area contributed by atoms with Crippen molar-refractivity contribution in [3.05, 3.63) is 16.0 Å². The summed E-state index contributed by atoms with van der Waals surface area (Å²) in [4.78, 5) is 24.1. The van der Waals surface area contributed by atoms with Crippen LogP contribution in [0.15, 0.2) is 0 Å². The van der Waals surface area contributed by atoms with Gasteiger partial charge >= 0.3 is 12.0 Å². The fourth-order valence-corrected chi connectivity index (χ4v) is 4.29. The van der Waals surface area contributed by atoms with Crippen LogP contribution in [-0.4, -0.2) is 34.7 Å². The molecule has 1 aromatic rings. The first-order valence-electron chi connectivity index (χ1n) is 6.47. The largest absolute Gasteiger partial charge is 0.478 e. The van der Waals surface area contributed by atoms with E-state index in [9.17, 15) is 14.7 Å². The lowest BCUT2D eigenvalue weighted by Crippen LogP contribution is -2.40. The second-order valence-electron chi connectivity index (χ2n) is 4.78. The maximum absolute atomic E-state index is 12.0. The Morgan fingerprint density at radius 1 is 1.25 bits per heavy atom. The Kier molecular flexibility index (Phi) is 4.93. The molecule has 1 aromatic heterocycles. The standard InChI is InChI=1S/C13H18N2O3S2/c1-7-8(2)20-11(10(7)12(16)17)15-13(18)14-9-3-5-19-6-4-9/h9H,3-6H2,1-2H3,(H,16,17)(H2,14,15,18). The average molecular weight is 314 g/mol. The molecule has 0 spiro atoms. The molecule has 2 rings (SSSR count). The summed E-state index contributed by atoms with van der Waals surface area (Å²) in [5.74, 6) is 1.11. The van der Waals surface area contributed by atoms with Crippen molar-refractivity contribution in [1.82, 2.24) is 5.32 Å². The third-order valence-corrected chi connectivity index (χ3v) is 5.55. The van der Waals surface area contributed by atoms with Crippen LogP contribution in [0.1, 0.15) is 33.6 Å². The quantitative estimate of drug-likeness (QED) is 0.801. The zero-order valence-corrected chi connectivity index (χ0v) is 13.1. The summed E-state index contributed by atoms with van der Waals surface area (Å²) in [5.41, 5.74) is 0.911. The van der Waals surface area contributed by atoms with Gasteiger partial charge in [0.05, 0.1) is 5.56 Å². The fourth-order valence-electron chi connectivity index (χ4n) is 2.14. The van der Waals surface area contributed by atoms with Crippen molar-refractivity contribution in [2.75, 3.05) is 16.8 Å². The number of amides is 2. The molecule has 1 saturated heterocycles. The molecule has 1 aliphatic rings. The number of thioether (sulfide) groups is 1. The Hall–Kier alpha value is -1.21. The number of aromatic carboxylic acids is 1. The fraction of sp³-hybridized carbons (Fsp3) is 0.538. The van der Waals surface area contributed by atoms with E-state index in [0.717, 1.165) is 29.2 Å². The molecule has 0 atom stereocenters. The smallest absolute Gasteiger partial charge is 0.338 e. The molecule has 5 nitrogen and oxygen atoms in total. The summed E-state index contributed by atoms with van der Waals surface area (Å²) in [6.07, 6.45) is 1.93. The van der Waals surface area contributed by atoms with Crippen LogP contribution < -0.4 is 10.6 Å². The van der Waals surface area contributed by atoms with E-state index < -0.39 is 5.97 Å². The van der Waals surface area contributed by atoms with Gasteiger partial charge in [-0.1, -0.05) is 0 Å². The topological polar surface area (TPSA) is 78.4 Å². The highest BCUT2D eigenvalue weighted by Gasteiger charge is 2.21. The molecule has 2 heterocycles. The van der Waals surface area contributed by atoms with Crippen LogP contribution >= 0.6 is 23.1 Å². The summed E-state index contributed by atoms with van der Waals surface area (Å²) in [5, 5.41) is 15.2. The van der Waals surface area contributed by atoms with Gasteiger partial charge in [0.25, 0.3) is 0 Å². The van der Waals surface area contributed by atoms with E-state index in [1.54, 1.807) is 6.92 Å². The second-order valence-corrected chi connectivity index (χ2v) is 7.23. The van der Waals surface area contributed by atoms with Gasteiger partial charge in [0.2, 0.25) is 0 Å². The number of rotatable bonds is 3. The van der Waals surface area contributed by atoms with Crippen molar-refractivity contribution in [1.29, 1.82) is 0 Å². The minimum atomic E-state index is -1.00. The predicted octanol–water partition coefficient (Wildman–Crippen LogP) is 3.08. The molecule has 20 heavy (non-hydrogen) atoms. The number of carbonyl (C=O) groups is 2. The Labute approximate surface area is 126 Å². The van der Waals surface area contributed by atoms with Gasteiger partial charge in [-0.2, -0.15) is 11.8 Å². The second kappa shape index (κ2) is 6.49. The van der Waals surface area contributed by atoms with Crippen molar-refractivity contribution in [2.45, 2.75) is 32.7 Å². The summed E-state index contributed by atoms with van der Waals surface area (Å²) < 4.78 is 0. The number of carboxylic acid groups (broad SMARTS) is 1. The molecule has 3 N–H and O–H groups in total. The van der Waals surface area contributed by atoms with E-state index in [4.69, 9.17) is 0 Å². The first kappa shape index (κ1) is 15.2. The molecule has 0 aliphatic carbocycles. The predicted molar refractivity (Wildman–Crippen MR) is 83.3 cm³/mol. The number of anilines is 1. The number of aryl methyl sites for hydroxylation is 1. The molecular formula is C13H18N2O3S2. The Morgan fingerprint density at radius 3 is 2.50 bits per heavy atom. The van der Waals surface area contributed by atoms with Gasteiger partial charge in [-0.15, -0.1) is 11.3 Å². The van der Waals surface area contributed by atoms with Crippen molar-refractivity contribution in [3.63, 3.8) is 0 Å². The highest BCUT2D eigenvalue weighted by molar-refractivity contribution is 7.99. The minimum absolute atomic E-state index is 0.187. The number of carboxylic acids is 1. The average Bonchev–Trinajstić information content (AvgIpc) is 2.65. The van der Waals surface area contributed by atoms with Gasteiger partial charge in [0, 0.05) is 10.9 Å². The van der Waals surface area contributed by atoms with Gasteiger partial charge in [0.15, 0.2) is 0 Å². The SMILES string of the molecule is Cc1sc(NC(=O)NC2CCSCC2)c(C(=O)O)c1C. The van der Waals surface area contributed by atoms with E-state index in [2.05, 4.69) is 10.6 Å². The maximum Gasteiger partial charge on any atom is 0.338 e. The molecule has 0 radical (unpaired) electrons. The summed E-state index contributed by atoms with van der Waals surface area (Å²) in [6.45, 7) is 3.62. The number of nitrogens with one attached hydrogen (secondary N) is 2. The van der Waals surface area contributed by atoms with Crippen LogP contribution in [0.3, 0.4) is 0 Å². The Balaban J connectivity index is 2.04. The van der Waals surface area contributed by atoms with Crippen LogP contribution in [0.5, 0.6) is 0 Å². The number of hydrogen-bond acceptors (Lipinski definition) is 4. The van der Waals surface area contributed by atoms with Crippen LogP contribution in [0, 0.1) is 13.8 Å². The van der Waals surface area contributed by atoms with E-state index >= 15 is 0 Å². The molecule has 0 saturated carbocycles. The third-order valence-electron chi connectivity index (χ3n) is 3.38. The van der Waals surface area contributed by atoms with Crippen molar-refractivity contribution in [3.8, 4) is 0 Å². The maximum atomic E-state index is 12.0. The lowest BCUT2D eigenvalue weighted by molar-refractivity contribution is 0.0697. The number of hydrogen-bond donors (Lipinski definition) is 3. The highest BCUT2D eigenvalue weighted by atomic mass is 32.2. The normalized spacial score (nSPS) is 15.9. The van der Waals surface area contributed by atoms with Crippen LogP contribution in [0.2, 0.25) is 0 Å². The molecule has 0 unspecified atom stereocenters. The first-order chi connectivity index (χ1) is 9.49. The lowest BCUT2D eigenvalue weighted by Gasteiger charge is -2.22. The first-order valence-corrected chi connectivity index (χ1v) is 8.44. The molecule has 1 fully saturated rings. The monoisotopic (exact) mass is 314 g/mol. The summed E-state index contributed by atoms with van der Waals surface area (Å²) >= 11 is 3.20. The van der Waals surface area contributed by atoms with Gasteiger partial charge in [-0.25, -0.2) is 9.59 Å². The number of urea groups is 1. The van der Waals surface area contributed by atoms with Gasteiger partial charge in [-0.3, -0.25) is 5.32 Å². The van der Waals surface area contributed by atoms with Crippen molar-refractivity contribution in [2.24, 2.45) is 0 Å². The van der Waals surface area contributed by atoms with Gasteiger partial charge in [0.1, 0.15) is 5.00 Å². The third kappa shape index (κ3) is 3.46. The van der Waals surface area contributed by atoms with Crippen LogP contribution in [-0.2, 0) is 0 Å². The molecule has 110 valence electrons. The lowest BCUT2D eigenvalue weighted by atomic mass is 10.1. The van der Waals surface area contributed by atoms with E-state index in [-0.39, 0.29) is 17.6 Å².